The van der Waals surface area contributed by atoms with Crippen LogP contribution in [0.3, 0.4) is 0 Å². The van der Waals surface area contributed by atoms with Crippen LogP contribution in [0.2, 0.25) is 0 Å². The van der Waals surface area contributed by atoms with E-state index in [1.54, 1.807) is 25.3 Å². The van der Waals surface area contributed by atoms with Crippen LogP contribution in [0, 0.1) is 0 Å². The van der Waals surface area contributed by atoms with Gasteiger partial charge in [-0.25, -0.2) is 4.98 Å². The first-order valence-electron chi connectivity index (χ1n) is 6.29. The van der Waals surface area contributed by atoms with Crippen molar-refractivity contribution in [2.75, 3.05) is 13.7 Å². The third-order valence-electron chi connectivity index (χ3n) is 2.74. The maximum atomic E-state index is 11.6. The number of hydrogen-bond acceptors (Lipinski definition) is 5. The highest BCUT2D eigenvalue weighted by Crippen LogP contribution is 2.31. The van der Waals surface area contributed by atoms with E-state index in [2.05, 4.69) is 9.97 Å². The molecule has 3 N–H and O–H groups in total. The second-order valence-electron chi connectivity index (χ2n) is 4.09. The SMILES string of the molecule is CCOc1cc(-c2nc(CN)cc(=O)[nH]2)ccc1OC. The van der Waals surface area contributed by atoms with Gasteiger partial charge < -0.3 is 20.2 Å². The number of ether oxygens (including phenoxy) is 2. The fraction of sp³-hybridized carbons (Fsp3) is 0.286. The van der Waals surface area contributed by atoms with Gasteiger partial charge in [0.2, 0.25) is 0 Å². The van der Waals surface area contributed by atoms with Crippen molar-refractivity contribution in [3.8, 4) is 22.9 Å². The average Bonchev–Trinajstić information content (AvgIpc) is 2.46. The van der Waals surface area contributed by atoms with Crippen molar-refractivity contribution in [3.63, 3.8) is 0 Å². The number of hydrogen-bond donors (Lipinski definition) is 2. The molecule has 106 valence electrons. The van der Waals surface area contributed by atoms with E-state index in [1.165, 1.54) is 6.07 Å². The number of benzene rings is 1. The maximum absolute atomic E-state index is 11.6. The van der Waals surface area contributed by atoms with Crippen molar-refractivity contribution in [2.24, 2.45) is 5.73 Å². The summed E-state index contributed by atoms with van der Waals surface area (Å²) in [5.41, 5.74) is 6.57. The molecule has 0 bridgehead atoms. The van der Waals surface area contributed by atoms with Crippen LogP contribution in [-0.4, -0.2) is 23.7 Å². The number of H-pyrrole nitrogens is 1. The van der Waals surface area contributed by atoms with Crippen LogP contribution in [0.4, 0.5) is 0 Å². The zero-order chi connectivity index (χ0) is 14.5. The molecule has 20 heavy (non-hydrogen) atoms. The third-order valence-corrected chi connectivity index (χ3v) is 2.74. The summed E-state index contributed by atoms with van der Waals surface area (Å²) < 4.78 is 10.7. The molecule has 0 unspecified atom stereocenters. The summed E-state index contributed by atoms with van der Waals surface area (Å²) in [7, 11) is 1.58. The van der Waals surface area contributed by atoms with Crippen molar-refractivity contribution in [3.05, 3.63) is 40.3 Å². The van der Waals surface area contributed by atoms with E-state index in [0.717, 1.165) is 5.56 Å². The number of nitrogens with one attached hydrogen (secondary N) is 1. The molecular weight excluding hydrogens is 258 g/mol. The molecule has 2 rings (SSSR count). The van der Waals surface area contributed by atoms with E-state index in [9.17, 15) is 4.79 Å². The highest BCUT2D eigenvalue weighted by molar-refractivity contribution is 5.61. The van der Waals surface area contributed by atoms with Crippen LogP contribution in [0.5, 0.6) is 11.5 Å². The van der Waals surface area contributed by atoms with Gasteiger partial charge in [0.25, 0.3) is 5.56 Å². The molecule has 1 aromatic heterocycles. The molecule has 0 saturated carbocycles. The Labute approximate surface area is 116 Å². The molecule has 0 aliphatic carbocycles. The normalized spacial score (nSPS) is 10.3. The minimum Gasteiger partial charge on any atom is -0.493 e. The molecule has 0 fully saturated rings. The number of methoxy groups -OCH3 is 1. The average molecular weight is 275 g/mol. The minimum atomic E-state index is -0.232. The van der Waals surface area contributed by atoms with E-state index >= 15 is 0 Å². The fourth-order valence-corrected chi connectivity index (χ4v) is 1.84. The molecule has 0 amide bonds. The van der Waals surface area contributed by atoms with Gasteiger partial charge in [-0.05, 0) is 25.1 Å². The Bertz CT molecular complexity index is 652. The predicted molar refractivity (Wildman–Crippen MR) is 75.9 cm³/mol. The molecule has 1 aromatic carbocycles. The summed E-state index contributed by atoms with van der Waals surface area (Å²) in [6, 6.07) is 6.74. The topological polar surface area (TPSA) is 90.2 Å². The van der Waals surface area contributed by atoms with Gasteiger partial charge in [-0.2, -0.15) is 0 Å². The Hall–Kier alpha value is -2.34. The Morgan fingerprint density at radius 3 is 2.75 bits per heavy atom. The van der Waals surface area contributed by atoms with Crippen molar-refractivity contribution in [1.29, 1.82) is 0 Å². The Kier molecular flexibility index (Phi) is 4.37. The van der Waals surface area contributed by atoms with Gasteiger partial charge in [0.1, 0.15) is 5.82 Å². The van der Waals surface area contributed by atoms with Crippen LogP contribution in [0.15, 0.2) is 29.1 Å². The predicted octanol–water partition coefficient (Wildman–Crippen LogP) is 1.30. The second-order valence-corrected chi connectivity index (χ2v) is 4.09. The van der Waals surface area contributed by atoms with Crippen LogP contribution >= 0.6 is 0 Å². The fourth-order valence-electron chi connectivity index (χ4n) is 1.84. The van der Waals surface area contributed by atoms with Crippen molar-refractivity contribution in [2.45, 2.75) is 13.5 Å². The summed E-state index contributed by atoms with van der Waals surface area (Å²) in [5.74, 6) is 1.70. The second kappa shape index (κ2) is 6.21. The van der Waals surface area contributed by atoms with Crippen LogP contribution in [0.1, 0.15) is 12.6 Å². The Balaban J connectivity index is 2.49. The quantitative estimate of drug-likeness (QED) is 0.858. The van der Waals surface area contributed by atoms with Gasteiger partial charge in [0.15, 0.2) is 11.5 Å². The lowest BCUT2D eigenvalue weighted by molar-refractivity contribution is 0.311. The Morgan fingerprint density at radius 1 is 1.30 bits per heavy atom. The molecule has 0 saturated heterocycles. The smallest absolute Gasteiger partial charge is 0.251 e. The number of nitrogens with zero attached hydrogens (tertiary/aromatic N) is 1. The highest BCUT2D eigenvalue weighted by atomic mass is 16.5. The molecule has 6 heteroatoms. The molecule has 2 aromatic rings. The van der Waals surface area contributed by atoms with Gasteiger partial charge in [-0.15, -0.1) is 0 Å². The largest absolute Gasteiger partial charge is 0.493 e. The number of rotatable bonds is 5. The van der Waals surface area contributed by atoms with Gasteiger partial charge in [-0.3, -0.25) is 4.79 Å². The van der Waals surface area contributed by atoms with E-state index in [4.69, 9.17) is 15.2 Å². The molecular formula is C14H17N3O3. The summed E-state index contributed by atoms with van der Waals surface area (Å²) >= 11 is 0. The lowest BCUT2D eigenvalue weighted by atomic mass is 10.2. The zero-order valence-electron chi connectivity index (χ0n) is 11.5. The molecule has 1 heterocycles. The molecule has 0 radical (unpaired) electrons. The van der Waals surface area contributed by atoms with Crippen LogP contribution < -0.4 is 20.8 Å². The number of aromatic amines is 1. The molecule has 0 spiro atoms. The molecule has 0 aliphatic rings. The zero-order valence-corrected chi connectivity index (χ0v) is 11.5. The van der Waals surface area contributed by atoms with E-state index in [1.807, 2.05) is 6.92 Å². The minimum absolute atomic E-state index is 0.214. The molecule has 6 nitrogen and oxygen atoms in total. The van der Waals surface area contributed by atoms with Crippen molar-refractivity contribution in [1.82, 2.24) is 9.97 Å². The summed E-state index contributed by atoms with van der Waals surface area (Å²) in [4.78, 5) is 18.6. The number of nitrogens with two attached hydrogens (primary N) is 1. The number of aromatic nitrogens is 2. The lowest BCUT2D eigenvalue weighted by Gasteiger charge is -2.11. The lowest BCUT2D eigenvalue weighted by Crippen LogP contribution is -2.12. The molecule has 0 aliphatic heterocycles. The first kappa shape index (κ1) is 14.1. The van der Waals surface area contributed by atoms with Gasteiger partial charge in [0.05, 0.1) is 19.4 Å². The van der Waals surface area contributed by atoms with Crippen molar-refractivity contribution < 1.29 is 9.47 Å². The maximum Gasteiger partial charge on any atom is 0.251 e. The van der Waals surface area contributed by atoms with E-state index in [-0.39, 0.29) is 12.1 Å². The summed E-state index contributed by atoms with van der Waals surface area (Å²) in [6.07, 6.45) is 0. The van der Waals surface area contributed by atoms with Gasteiger partial charge in [-0.1, -0.05) is 0 Å². The van der Waals surface area contributed by atoms with E-state index < -0.39 is 0 Å². The Morgan fingerprint density at radius 2 is 2.10 bits per heavy atom. The first-order valence-corrected chi connectivity index (χ1v) is 6.29. The summed E-state index contributed by atoms with van der Waals surface area (Å²) in [5, 5.41) is 0. The van der Waals surface area contributed by atoms with Gasteiger partial charge in [0, 0.05) is 18.2 Å². The summed E-state index contributed by atoms with van der Waals surface area (Å²) in [6.45, 7) is 2.62. The van der Waals surface area contributed by atoms with Crippen LogP contribution in [-0.2, 0) is 6.54 Å². The first-order chi connectivity index (χ1) is 9.67. The third kappa shape index (κ3) is 2.97. The van der Waals surface area contributed by atoms with Gasteiger partial charge >= 0.3 is 0 Å². The highest BCUT2D eigenvalue weighted by Gasteiger charge is 2.09. The van der Waals surface area contributed by atoms with Crippen molar-refractivity contribution >= 4 is 0 Å². The van der Waals surface area contributed by atoms with E-state index in [0.29, 0.717) is 29.6 Å². The monoisotopic (exact) mass is 275 g/mol. The molecule has 0 atom stereocenters. The standard InChI is InChI=1S/C14H17N3O3/c1-3-20-12-6-9(4-5-11(12)19-2)14-16-10(8-15)7-13(18)17-14/h4-7H,3,8,15H2,1-2H3,(H,16,17,18). The van der Waals surface area contributed by atoms with Crippen LogP contribution in [0.25, 0.3) is 11.4 Å².